The monoisotopic (exact) mass is 449 g/mol. The minimum atomic E-state index is -2.92. The number of alkyl halides is 2. The Morgan fingerprint density at radius 3 is 2.87 bits per heavy atom. The maximum atomic E-state index is 13.0. The van der Waals surface area contributed by atoms with Crippen molar-refractivity contribution in [2.24, 2.45) is 5.92 Å². The zero-order valence-corrected chi connectivity index (χ0v) is 18.3. The van der Waals surface area contributed by atoms with E-state index in [2.05, 4.69) is 22.1 Å². The van der Waals surface area contributed by atoms with Crippen LogP contribution in [0.4, 0.5) is 8.78 Å². The van der Waals surface area contributed by atoms with Crippen LogP contribution < -0.4 is 10.1 Å². The number of carbonyl (C=O) groups excluding carboxylic acids is 2. The summed E-state index contributed by atoms with van der Waals surface area (Å²) >= 11 is 1.84. The maximum Gasteiger partial charge on any atom is 0.387 e. The third-order valence-electron chi connectivity index (χ3n) is 5.92. The Balaban J connectivity index is 1.61. The van der Waals surface area contributed by atoms with Crippen molar-refractivity contribution >= 4 is 23.6 Å². The number of fused-ring (bicyclic) bond motifs is 1. The molecule has 1 aliphatic heterocycles. The van der Waals surface area contributed by atoms with Gasteiger partial charge in [0.15, 0.2) is 0 Å². The zero-order chi connectivity index (χ0) is 22.2. The molecule has 9 heteroatoms. The molecule has 1 N–H and O–H groups in total. The summed E-state index contributed by atoms with van der Waals surface area (Å²) in [5.41, 5.74) is 2.60. The van der Waals surface area contributed by atoms with Crippen molar-refractivity contribution in [3.63, 3.8) is 0 Å². The summed E-state index contributed by atoms with van der Waals surface area (Å²) in [4.78, 5) is 25.2. The third kappa shape index (κ3) is 4.61. The van der Waals surface area contributed by atoms with Crippen LogP contribution in [0.5, 0.6) is 5.75 Å². The van der Waals surface area contributed by atoms with Crippen molar-refractivity contribution in [3.8, 4) is 17.0 Å². The molecule has 2 unspecified atom stereocenters. The molecule has 4 rings (SSSR count). The lowest BCUT2D eigenvalue weighted by Gasteiger charge is -2.29. The summed E-state index contributed by atoms with van der Waals surface area (Å²) in [6.45, 7) is 0.581. The Labute approximate surface area is 183 Å². The number of nitrogens with one attached hydrogen (secondary N) is 1. The van der Waals surface area contributed by atoms with Crippen LogP contribution in [0, 0.1) is 5.92 Å². The van der Waals surface area contributed by atoms with E-state index in [0.29, 0.717) is 30.5 Å². The first kappa shape index (κ1) is 21.8. The predicted octanol–water partition coefficient (Wildman–Crippen LogP) is 3.93. The highest BCUT2D eigenvalue weighted by Crippen LogP contribution is 2.36. The fourth-order valence-corrected chi connectivity index (χ4v) is 5.72. The molecule has 166 valence electrons. The molecule has 1 fully saturated rings. The van der Waals surface area contributed by atoms with Gasteiger partial charge in [0.2, 0.25) is 11.8 Å². The summed E-state index contributed by atoms with van der Waals surface area (Å²) in [6, 6.07) is 6.32. The summed E-state index contributed by atoms with van der Waals surface area (Å²) in [6.07, 6.45) is 2.60. The number of carbonyl (C=O) groups is 2. The lowest BCUT2D eigenvalue weighted by atomic mass is 9.84. The van der Waals surface area contributed by atoms with Crippen LogP contribution >= 0.6 is 11.8 Å². The lowest BCUT2D eigenvalue weighted by Crippen LogP contribution is -2.49. The van der Waals surface area contributed by atoms with Gasteiger partial charge in [-0.15, -0.1) is 0 Å². The standard InChI is InChI=1S/C22H25F2N3O3S/c1-13(28)27-18-11-15(20(29)25-22(2)8-9-31-12-22)6-7-17(18)19(26-27)14-4-3-5-16(10-14)30-21(23)24/h3-5,10,15,21H,6-9,11-12H2,1-2H3,(H,25,29). The molecule has 1 saturated heterocycles. The van der Waals surface area contributed by atoms with Gasteiger partial charge in [-0.3, -0.25) is 9.59 Å². The molecule has 0 bridgehead atoms. The third-order valence-corrected chi connectivity index (χ3v) is 7.25. The van der Waals surface area contributed by atoms with E-state index in [1.165, 1.54) is 23.7 Å². The Morgan fingerprint density at radius 1 is 1.39 bits per heavy atom. The molecule has 2 aromatic rings. The van der Waals surface area contributed by atoms with E-state index in [1.54, 1.807) is 12.1 Å². The molecular weight excluding hydrogens is 424 g/mol. The number of aromatic nitrogens is 2. The number of hydrogen-bond donors (Lipinski definition) is 1. The Bertz CT molecular complexity index is 1000. The average Bonchev–Trinajstić information content (AvgIpc) is 3.31. The Morgan fingerprint density at radius 2 is 2.19 bits per heavy atom. The number of halogens is 2. The zero-order valence-electron chi connectivity index (χ0n) is 17.5. The molecular formula is C22H25F2N3O3S. The quantitative estimate of drug-likeness (QED) is 0.749. The topological polar surface area (TPSA) is 73.2 Å². The van der Waals surface area contributed by atoms with Crippen molar-refractivity contribution in [1.82, 2.24) is 15.1 Å². The van der Waals surface area contributed by atoms with Gasteiger partial charge in [0.05, 0.1) is 11.4 Å². The predicted molar refractivity (Wildman–Crippen MR) is 115 cm³/mol. The minimum Gasteiger partial charge on any atom is -0.435 e. The van der Waals surface area contributed by atoms with Crippen LogP contribution in [0.15, 0.2) is 24.3 Å². The molecule has 0 radical (unpaired) electrons. The van der Waals surface area contributed by atoms with Gasteiger partial charge in [-0.25, -0.2) is 4.68 Å². The Hall–Kier alpha value is -2.42. The van der Waals surface area contributed by atoms with Crippen LogP contribution in [0.3, 0.4) is 0 Å². The molecule has 1 aliphatic carbocycles. The number of thioether (sulfide) groups is 1. The molecule has 2 heterocycles. The largest absolute Gasteiger partial charge is 0.435 e. The fourth-order valence-electron chi connectivity index (χ4n) is 4.31. The summed E-state index contributed by atoms with van der Waals surface area (Å²) in [5.74, 6) is 1.52. The summed E-state index contributed by atoms with van der Waals surface area (Å²) < 4.78 is 31.1. The summed E-state index contributed by atoms with van der Waals surface area (Å²) in [7, 11) is 0. The highest BCUT2D eigenvalue weighted by molar-refractivity contribution is 7.99. The van der Waals surface area contributed by atoms with Crippen LogP contribution in [-0.4, -0.2) is 45.3 Å². The molecule has 31 heavy (non-hydrogen) atoms. The van der Waals surface area contributed by atoms with Crippen molar-refractivity contribution in [3.05, 3.63) is 35.5 Å². The molecule has 0 spiro atoms. The molecule has 6 nitrogen and oxygen atoms in total. The SMILES string of the molecule is CC(=O)n1nc(-c2cccc(OC(F)F)c2)c2c1CC(C(=O)NC1(C)CCSC1)CC2. The van der Waals surface area contributed by atoms with Crippen molar-refractivity contribution < 1.29 is 23.1 Å². The van der Waals surface area contributed by atoms with E-state index >= 15 is 0 Å². The first-order valence-corrected chi connectivity index (χ1v) is 11.5. The maximum absolute atomic E-state index is 13.0. The fraction of sp³-hybridized carbons (Fsp3) is 0.500. The van der Waals surface area contributed by atoms with Crippen molar-refractivity contribution in [2.75, 3.05) is 11.5 Å². The number of amides is 1. The van der Waals surface area contributed by atoms with Gasteiger partial charge in [0.1, 0.15) is 5.75 Å². The lowest BCUT2D eigenvalue weighted by molar-refractivity contribution is -0.126. The second-order valence-corrected chi connectivity index (χ2v) is 9.51. The van der Waals surface area contributed by atoms with E-state index in [4.69, 9.17) is 0 Å². The second-order valence-electron chi connectivity index (χ2n) is 8.40. The first-order chi connectivity index (χ1) is 14.8. The summed E-state index contributed by atoms with van der Waals surface area (Å²) in [5, 5.41) is 7.69. The first-order valence-electron chi connectivity index (χ1n) is 10.3. The number of benzene rings is 1. The molecule has 0 saturated carbocycles. The molecule has 2 atom stereocenters. The van der Waals surface area contributed by atoms with Crippen LogP contribution in [0.2, 0.25) is 0 Å². The number of hydrogen-bond acceptors (Lipinski definition) is 5. The van der Waals surface area contributed by atoms with Crippen molar-refractivity contribution in [1.29, 1.82) is 0 Å². The molecule has 2 aliphatic rings. The van der Waals surface area contributed by atoms with E-state index in [-0.39, 0.29) is 29.0 Å². The van der Waals surface area contributed by atoms with Crippen LogP contribution in [0.1, 0.15) is 42.7 Å². The van der Waals surface area contributed by atoms with E-state index in [9.17, 15) is 18.4 Å². The smallest absolute Gasteiger partial charge is 0.387 e. The number of ether oxygens (including phenoxy) is 1. The van der Waals surface area contributed by atoms with E-state index in [1.807, 2.05) is 11.8 Å². The van der Waals surface area contributed by atoms with Gasteiger partial charge in [-0.1, -0.05) is 12.1 Å². The van der Waals surface area contributed by atoms with Gasteiger partial charge in [-0.05, 0) is 44.1 Å². The average molecular weight is 450 g/mol. The molecule has 1 amide bonds. The second kappa shape index (κ2) is 8.61. The van der Waals surface area contributed by atoms with E-state index in [0.717, 1.165) is 29.2 Å². The van der Waals surface area contributed by atoms with Gasteiger partial charge in [-0.2, -0.15) is 25.6 Å². The van der Waals surface area contributed by atoms with Gasteiger partial charge in [0, 0.05) is 41.7 Å². The molecule has 1 aromatic heterocycles. The van der Waals surface area contributed by atoms with Gasteiger partial charge in [0.25, 0.3) is 0 Å². The van der Waals surface area contributed by atoms with Gasteiger partial charge < -0.3 is 10.1 Å². The number of rotatable bonds is 5. The minimum absolute atomic E-state index is 0.0147. The highest BCUT2D eigenvalue weighted by Gasteiger charge is 2.36. The van der Waals surface area contributed by atoms with Gasteiger partial charge >= 0.3 is 6.61 Å². The number of nitrogens with zero attached hydrogens (tertiary/aromatic N) is 2. The van der Waals surface area contributed by atoms with E-state index < -0.39 is 6.61 Å². The highest BCUT2D eigenvalue weighted by atomic mass is 32.2. The van der Waals surface area contributed by atoms with Crippen LogP contribution in [-0.2, 0) is 17.6 Å². The van der Waals surface area contributed by atoms with Crippen LogP contribution in [0.25, 0.3) is 11.3 Å². The Kier molecular flexibility index (Phi) is 6.05. The normalized spacial score (nSPS) is 22.9. The van der Waals surface area contributed by atoms with Crippen molar-refractivity contribution in [2.45, 2.75) is 51.7 Å². The molecule has 1 aromatic carbocycles.